The lowest BCUT2D eigenvalue weighted by Crippen LogP contribution is -2.43. The van der Waals surface area contributed by atoms with Crippen LogP contribution in [0.3, 0.4) is 0 Å². The zero-order chi connectivity index (χ0) is 15.7. The predicted molar refractivity (Wildman–Crippen MR) is 82.4 cm³/mol. The lowest BCUT2D eigenvalue weighted by Gasteiger charge is -2.34. The molecular weight excluding hydrogens is 304 g/mol. The Morgan fingerprint density at radius 1 is 1.36 bits per heavy atom. The van der Waals surface area contributed by atoms with Gasteiger partial charge >= 0.3 is 0 Å². The standard InChI is InChI=1S/C15H20N2O4S/c1-2-11-5-3-4-8-17(11)22(19,20)12-6-7-14-13(9-12)16-15(18)10-21-14/h6-7,9,11H,2-5,8,10H2,1H3,(H,16,18). The van der Waals surface area contributed by atoms with Gasteiger partial charge in [0.05, 0.1) is 10.6 Å². The van der Waals surface area contributed by atoms with Crippen molar-refractivity contribution in [3.63, 3.8) is 0 Å². The minimum Gasteiger partial charge on any atom is -0.482 e. The zero-order valence-electron chi connectivity index (χ0n) is 12.5. The fraction of sp³-hybridized carbons (Fsp3) is 0.533. The van der Waals surface area contributed by atoms with Crippen molar-refractivity contribution in [3.8, 4) is 5.75 Å². The van der Waals surface area contributed by atoms with Gasteiger partial charge in [0.25, 0.3) is 5.91 Å². The molecule has 1 aromatic carbocycles. The van der Waals surface area contributed by atoms with E-state index in [4.69, 9.17) is 4.74 Å². The van der Waals surface area contributed by atoms with E-state index in [-0.39, 0.29) is 23.5 Å². The van der Waals surface area contributed by atoms with Crippen LogP contribution in [-0.2, 0) is 14.8 Å². The third kappa shape index (κ3) is 2.70. The van der Waals surface area contributed by atoms with E-state index in [9.17, 15) is 13.2 Å². The van der Waals surface area contributed by atoms with Crippen LogP contribution < -0.4 is 10.1 Å². The SMILES string of the molecule is CCC1CCCCN1S(=O)(=O)c1ccc2c(c1)NC(=O)CO2. The van der Waals surface area contributed by atoms with Crippen molar-refractivity contribution in [2.24, 2.45) is 0 Å². The number of hydrogen-bond donors (Lipinski definition) is 1. The number of sulfonamides is 1. The third-order valence-electron chi connectivity index (χ3n) is 4.23. The molecule has 2 aliphatic heterocycles. The molecule has 2 aliphatic rings. The maximum atomic E-state index is 12.9. The number of anilines is 1. The molecule has 1 N–H and O–H groups in total. The molecule has 22 heavy (non-hydrogen) atoms. The molecular formula is C15H20N2O4S. The molecule has 1 fully saturated rings. The largest absolute Gasteiger partial charge is 0.482 e. The zero-order valence-corrected chi connectivity index (χ0v) is 13.4. The van der Waals surface area contributed by atoms with Crippen molar-refractivity contribution in [1.29, 1.82) is 0 Å². The number of hydrogen-bond acceptors (Lipinski definition) is 4. The molecule has 6 nitrogen and oxygen atoms in total. The van der Waals surface area contributed by atoms with Crippen LogP contribution in [0.25, 0.3) is 0 Å². The highest BCUT2D eigenvalue weighted by atomic mass is 32.2. The molecule has 120 valence electrons. The van der Waals surface area contributed by atoms with Gasteiger partial charge in [0, 0.05) is 12.6 Å². The summed E-state index contributed by atoms with van der Waals surface area (Å²) in [5.74, 6) is 0.232. The Balaban J connectivity index is 1.95. The Morgan fingerprint density at radius 3 is 2.95 bits per heavy atom. The molecule has 2 heterocycles. The molecule has 3 rings (SSSR count). The molecule has 1 amide bonds. The van der Waals surface area contributed by atoms with E-state index >= 15 is 0 Å². The number of amides is 1. The van der Waals surface area contributed by atoms with Gasteiger partial charge in [0.1, 0.15) is 5.75 Å². The van der Waals surface area contributed by atoms with Gasteiger partial charge in [-0.15, -0.1) is 0 Å². The van der Waals surface area contributed by atoms with E-state index < -0.39 is 10.0 Å². The number of nitrogens with one attached hydrogen (secondary N) is 1. The minimum absolute atomic E-state index is 0.0386. The molecule has 1 atom stereocenters. The fourth-order valence-electron chi connectivity index (χ4n) is 3.06. The average Bonchev–Trinajstić information content (AvgIpc) is 2.54. The van der Waals surface area contributed by atoms with Crippen LogP contribution in [0, 0.1) is 0 Å². The first-order chi connectivity index (χ1) is 10.5. The first-order valence-corrected chi connectivity index (χ1v) is 9.05. The van der Waals surface area contributed by atoms with Gasteiger partial charge in [-0.2, -0.15) is 4.31 Å². The second-order valence-corrected chi connectivity index (χ2v) is 7.56. The van der Waals surface area contributed by atoms with Crippen molar-refractivity contribution in [2.45, 2.75) is 43.5 Å². The molecule has 1 saturated heterocycles. The second kappa shape index (κ2) is 5.89. The number of carbonyl (C=O) groups is 1. The molecule has 0 bridgehead atoms. The van der Waals surface area contributed by atoms with E-state index in [0.717, 1.165) is 25.7 Å². The quantitative estimate of drug-likeness (QED) is 0.922. The lowest BCUT2D eigenvalue weighted by atomic mass is 10.0. The lowest BCUT2D eigenvalue weighted by molar-refractivity contribution is -0.118. The Kier molecular flexibility index (Phi) is 4.10. The molecule has 1 unspecified atom stereocenters. The summed E-state index contributed by atoms with van der Waals surface area (Å²) in [4.78, 5) is 11.6. The Morgan fingerprint density at radius 2 is 2.18 bits per heavy atom. The topological polar surface area (TPSA) is 75.7 Å². The Labute approximate surface area is 130 Å². The highest BCUT2D eigenvalue weighted by molar-refractivity contribution is 7.89. The summed E-state index contributed by atoms with van der Waals surface area (Å²) < 4.78 is 32.7. The number of carbonyl (C=O) groups excluding carboxylic acids is 1. The van der Waals surface area contributed by atoms with Crippen LogP contribution in [0.2, 0.25) is 0 Å². The van der Waals surface area contributed by atoms with Gasteiger partial charge in [-0.1, -0.05) is 13.3 Å². The van der Waals surface area contributed by atoms with E-state index in [2.05, 4.69) is 5.32 Å². The number of ether oxygens (including phenoxy) is 1. The summed E-state index contributed by atoms with van der Waals surface area (Å²) in [6, 6.07) is 4.70. The van der Waals surface area contributed by atoms with Crippen LogP contribution in [0.15, 0.2) is 23.1 Å². The number of fused-ring (bicyclic) bond motifs is 1. The van der Waals surface area contributed by atoms with Crippen LogP contribution in [-0.4, -0.2) is 37.8 Å². The smallest absolute Gasteiger partial charge is 0.262 e. The van der Waals surface area contributed by atoms with Crippen LogP contribution >= 0.6 is 0 Å². The van der Waals surface area contributed by atoms with Crippen molar-refractivity contribution in [3.05, 3.63) is 18.2 Å². The summed E-state index contributed by atoms with van der Waals surface area (Å²) in [7, 11) is -3.55. The van der Waals surface area contributed by atoms with Crippen molar-refractivity contribution < 1.29 is 17.9 Å². The molecule has 7 heteroatoms. The Bertz CT molecular complexity index is 687. The molecule has 0 aromatic heterocycles. The average molecular weight is 324 g/mol. The summed E-state index contributed by atoms with van der Waals surface area (Å²) in [5, 5.41) is 2.65. The van der Waals surface area contributed by atoms with Crippen LogP contribution in [0.1, 0.15) is 32.6 Å². The summed E-state index contributed by atoms with van der Waals surface area (Å²) in [6.07, 6.45) is 3.67. The number of benzene rings is 1. The van der Waals surface area contributed by atoms with Gasteiger partial charge in [-0.05, 0) is 37.5 Å². The normalized spacial score (nSPS) is 22.6. The van der Waals surface area contributed by atoms with Gasteiger partial charge in [-0.25, -0.2) is 8.42 Å². The fourth-order valence-corrected chi connectivity index (χ4v) is 4.85. The van der Waals surface area contributed by atoms with Crippen LogP contribution in [0.5, 0.6) is 5.75 Å². The van der Waals surface area contributed by atoms with Gasteiger partial charge in [0.2, 0.25) is 10.0 Å². The predicted octanol–water partition coefficient (Wildman–Crippen LogP) is 1.97. The molecule has 0 saturated carbocycles. The van der Waals surface area contributed by atoms with Gasteiger partial charge in [-0.3, -0.25) is 4.79 Å². The number of rotatable bonds is 3. The second-order valence-electron chi connectivity index (χ2n) is 5.67. The molecule has 0 aliphatic carbocycles. The van der Waals surface area contributed by atoms with Crippen molar-refractivity contribution in [2.75, 3.05) is 18.5 Å². The van der Waals surface area contributed by atoms with Gasteiger partial charge < -0.3 is 10.1 Å². The third-order valence-corrected chi connectivity index (χ3v) is 6.18. The van der Waals surface area contributed by atoms with E-state index in [0.29, 0.717) is 18.0 Å². The van der Waals surface area contributed by atoms with E-state index in [1.807, 2.05) is 6.92 Å². The highest BCUT2D eigenvalue weighted by Gasteiger charge is 2.33. The number of nitrogens with zero attached hydrogens (tertiary/aromatic N) is 1. The first kappa shape index (κ1) is 15.3. The van der Waals surface area contributed by atoms with Crippen molar-refractivity contribution >= 4 is 21.6 Å². The van der Waals surface area contributed by atoms with Crippen LogP contribution in [0.4, 0.5) is 5.69 Å². The Hall–Kier alpha value is -1.60. The monoisotopic (exact) mass is 324 g/mol. The molecule has 0 spiro atoms. The maximum absolute atomic E-state index is 12.9. The maximum Gasteiger partial charge on any atom is 0.262 e. The molecule has 1 aromatic rings. The van der Waals surface area contributed by atoms with E-state index in [1.54, 1.807) is 16.4 Å². The number of piperidine rings is 1. The summed E-state index contributed by atoms with van der Waals surface area (Å²) in [6.45, 7) is 2.53. The van der Waals surface area contributed by atoms with Crippen molar-refractivity contribution in [1.82, 2.24) is 4.31 Å². The van der Waals surface area contributed by atoms with Gasteiger partial charge in [0.15, 0.2) is 6.61 Å². The minimum atomic E-state index is -3.55. The highest BCUT2D eigenvalue weighted by Crippen LogP contribution is 2.33. The van der Waals surface area contributed by atoms with E-state index in [1.165, 1.54) is 6.07 Å². The first-order valence-electron chi connectivity index (χ1n) is 7.61. The summed E-state index contributed by atoms with van der Waals surface area (Å²) in [5.41, 5.74) is 0.419. The molecule has 0 radical (unpaired) electrons. The summed E-state index contributed by atoms with van der Waals surface area (Å²) >= 11 is 0.